The summed E-state index contributed by atoms with van der Waals surface area (Å²) in [5, 5.41) is 8.68. The number of carboxylic acid groups (broad SMARTS) is 1. The maximum atomic E-state index is 12.0. The molecule has 0 bridgehead atoms. The van der Waals surface area contributed by atoms with Gasteiger partial charge in [-0.15, -0.1) is 11.3 Å². The van der Waals surface area contributed by atoms with E-state index in [0.29, 0.717) is 24.4 Å². The normalized spacial score (nSPS) is 11.6. The zero-order valence-corrected chi connectivity index (χ0v) is 12.7. The molecule has 0 spiro atoms. The predicted molar refractivity (Wildman–Crippen MR) is 77.7 cm³/mol. The Morgan fingerprint density at radius 1 is 1.43 bits per heavy atom. The van der Waals surface area contributed by atoms with Crippen molar-refractivity contribution < 1.29 is 18.3 Å². The van der Waals surface area contributed by atoms with E-state index in [0.717, 1.165) is 11.3 Å². The van der Waals surface area contributed by atoms with Gasteiger partial charge in [-0.3, -0.25) is 4.79 Å². The third kappa shape index (κ3) is 4.66. The molecule has 2 heterocycles. The topological polar surface area (TPSA) is 101 Å². The number of thiophene rings is 1. The highest BCUT2D eigenvalue weighted by atomic mass is 32.2. The lowest BCUT2D eigenvalue weighted by Crippen LogP contribution is -2.24. The van der Waals surface area contributed by atoms with E-state index in [2.05, 4.69) is 9.71 Å². The number of imidazole rings is 1. The molecule has 2 aromatic heterocycles. The monoisotopic (exact) mass is 329 g/mol. The van der Waals surface area contributed by atoms with Gasteiger partial charge in [0, 0.05) is 30.4 Å². The van der Waals surface area contributed by atoms with Crippen LogP contribution in [0.4, 0.5) is 0 Å². The van der Waals surface area contributed by atoms with Crippen molar-refractivity contribution in [3.05, 3.63) is 35.7 Å². The highest BCUT2D eigenvalue weighted by Gasteiger charge is 2.16. The van der Waals surface area contributed by atoms with E-state index >= 15 is 0 Å². The Hall–Kier alpha value is -1.71. The van der Waals surface area contributed by atoms with Gasteiger partial charge < -0.3 is 9.67 Å². The molecule has 0 aliphatic rings. The van der Waals surface area contributed by atoms with Gasteiger partial charge in [-0.1, -0.05) is 0 Å². The highest BCUT2D eigenvalue weighted by molar-refractivity contribution is 7.91. The van der Waals surface area contributed by atoms with E-state index in [1.165, 1.54) is 12.1 Å². The maximum absolute atomic E-state index is 12.0. The maximum Gasteiger partial charge on any atom is 0.308 e. The molecule has 9 heteroatoms. The Balaban J connectivity index is 1.86. The average Bonchev–Trinajstić information content (AvgIpc) is 3.05. The second kappa shape index (κ2) is 6.83. The lowest BCUT2D eigenvalue weighted by molar-refractivity contribution is -0.136. The van der Waals surface area contributed by atoms with E-state index in [-0.39, 0.29) is 10.6 Å². The number of aryl methyl sites for hydroxylation is 1. The zero-order valence-electron chi connectivity index (χ0n) is 11.1. The second-order valence-electron chi connectivity index (χ2n) is 4.34. The largest absolute Gasteiger partial charge is 0.481 e. The smallest absolute Gasteiger partial charge is 0.308 e. The van der Waals surface area contributed by atoms with Crippen LogP contribution in [0.3, 0.4) is 0 Å². The fraction of sp³-hybridized carbons (Fsp3) is 0.333. The van der Waals surface area contributed by atoms with E-state index < -0.39 is 16.0 Å². The average molecular weight is 329 g/mol. The molecule has 2 aromatic rings. The summed E-state index contributed by atoms with van der Waals surface area (Å²) in [6, 6.07) is 2.96. The highest BCUT2D eigenvalue weighted by Crippen LogP contribution is 2.21. The molecule has 0 amide bonds. The molecule has 7 nitrogen and oxygen atoms in total. The van der Waals surface area contributed by atoms with Gasteiger partial charge in [-0.2, -0.15) is 0 Å². The first kappa shape index (κ1) is 15.7. The number of carbonyl (C=O) groups is 1. The van der Waals surface area contributed by atoms with Crippen LogP contribution in [-0.4, -0.2) is 35.6 Å². The molecule has 21 heavy (non-hydrogen) atoms. The van der Waals surface area contributed by atoms with E-state index in [1.54, 1.807) is 12.5 Å². The minimum atomic E-state index is -3.57. The summed E-state index contributed by atoms with van der Waals surface area (Å²) < 4.78 is 28.6. The van der Waals surface area contributed by atoms with Gasteiger partial charge in [0.2, 0.25) is 10.0 Å². The van der Waals surface area contributed by atoms with Crippen LogP contribution in [0, 0.1) is 0 Å². The van der Waals surface area contributed by atoms with Crippen LogP contribution in [-0.2, 0) is 27.8 Å². The van der Waals surface area contributed by atoms with Gasteiger partial charge in [0.25, 0.3) is 0 Å². The molecule has 0 atom stereocenters. The zero-order chi connectivity index (χ0) is 15.3. The number of hydrogen-bond donors (Lipinski definition) is 2. The lowest BCUT2D eigenvalue weighted by atomic mass is 10.3. The van der Waals surface area contributed by atoms with Crippen LogP contribution in [0.15, 0.2) is 35.1 Å². The van der Waals surface area contributed by atoms with Crippen molar-refractivity contribution in [2.45, 2.75) is 23.6 Å². The number of carboxylic acids is 1. The lowest BCUT2D eigenvalue weighted by Gasteiger charge is -2.05. The van der Waals surface area contributed by atoms with Crippen LogP contribution >= 0.6 is 11.3 Å². The van der Waals surface area contributed by atoms with Gasteiger partial charge in [0.05, 0.1) is 12.7 Å². The van der Waals surface area contributed by atoms with Crippen molar-refractivity contribution >= 4 is 27.3 Å². The number of sulfonamides is 1. The van der Waals surface area contributed by atoms with Gasteiger partial charge in [-0.05, 0) is 18.6 Å². The van der Waals surface area contributed by atoms with Crippen molar-refractivity contribution in [1.29, 1.82) is 0 Å². The van der Waals surface area contributed by atoms with Gasteiger partial charge >= 0.3 is 5.97 Å². The third-order valence-corrected chi connectivity index (χ3v) is 5.71. The Morgan fingerprint density at radius 3 is 2.90 bits per heavy atom. The second-order valence-corrected chi connectivity index (χ2v) is 7.51. The Morgan fingerprint density at radius 2 is 2.24 bits per heavy atom. The standard InChI is InChI=1S/C12H15N3O4S2/c16-11(17)8-10-2-3-12(20-10)21(18,19)14-4-1-6-15-7-5-13-9-15/h2-3,5,7,9,14H,1,4,6,8H2,(H,16,17). The summed E-state index contributed by atoms with van der Waals surface area (Å²) in [4.78, 5) is 15.0. The molecule has 0 fully saturated rings. The molecule has 114 valence electrons. The molecular formula is C12H15N3O4S2. The molecule has 2 rings (SSSR count). The molecule has 0 radical (unpaired) electrons. The number of nitrogens with one attached hydrogen (secondary N) is 1. The predicted octanol–water partition coefficient (Wildman–Crippen LogP) is 0.940. The van der Waals surface area contributed by atoms with E-state index in [9.17, 15) is 13.2 Å². The SMILES string of the molecule is O=C(O)Cc1ccc(S(=O)(=O)NCCCn2ccnc2)s1. The number of hydrogen-bond acceptors (Lipinski definition) is 5. The van der Waals surface area contributed by atoms with E-state index in [1.807, 2.05) is 10.8 Å². The van der Waals surface area contributed by atoms with Crippen LogP contribution < -0.4 is 4.72 Å². The Labute approximate surface area is 126 Å². The summed E-state index contributed by atoms with van der Waals surface area (Å²) in [5.41, 5.74) is 0. The number of aliphatic carboxylic acids is 1. The summed E-state index contributed by atoms with van der Waals surface area (Å²) >= 11 is 0.977. The van der Waals surface area contributed by atoms with Crippen molar-refractivity contribution in [3.8, 4) is 0 Å². The number of nitrogens with zero attached hydrogens (tertiary/aromatic N) is 2. The molecule has 0 aromatic carbocycles. The summed E-state index contributed by atoms with van der Waals surface area (Å²) in [6.45, 7) is 0.990. The minimum absolute atomic E-state index is 0.140. The number of aromatic nitrogens is 2. The fourth-order valence-corrected chi connectivity index (χ4v) is 4.17. The van der Waals surface area contributed by atoms with Crippen LogP contribution in [0.25, 0.3) is 0 Å². The molecular weight excluding hydrogens is 314 g/mol. The molecule has 0 aliphatic carbocycles. The Bertz CT molecular complexity index is 692. The first-order chi connectivity index (χ1) is 9.97. The summed E-state index contributed by atoms with van der Waals surface area (Å²) in [7, 11) is -3.57. The van der Waals surface area contributed by atoms with Crippen molar-refractivity contribution in [1.82, 2.24) is 14.3 Å². The van der Waals surface area contributed by atoms with Crippen molar-refractivity contribution in [3.63, 3.8) is 0 Å². The first-order valence-corrected chi connectivity index (χ1v) is 8.53. The summed E-state index contributed by atoms with van der Waals surface area (Å²) in [5.74, 6) is -0.978. The fourth-order valence-electron chi connectivity index (χ4n) is 1.71. The first-order valence-electron chi connectivity index (χ1n) is 6.23. The van der Waals surface area contributed by atoms with Gasteiger partial charge in [0.15, 0.2) is 0 Å². The third-order valence-electron chi connectivity index (χ3n) is 2.67. The molecule has 0 saturated heterocycles. The summed E-state index contributed by atoms with van der Waals surface area (Å²) in [6.07, 6.45) is 5.63. The van der Waals surface area contributed by atoms with Gasteiger partial charge in [0.1, 0.15) is 4.21 Å². The molecule has 0 unspecified atom stereocenters. The van der Waals surface area contributed by atoms with Crippen LogP contribution in [0.2, 0.25) is 0 Å². The van der Waals surface area contributed by atoms with Crippen molar-refractivity contribution in [2.75, 3.05) is 6.54 Å². The molecule has 2 N–H and O–H groups in total. The molecule has 0 saturated carbocycles. The minimum Gasteiger partial charge on any atom is -0.481 e. The van der Waals surface area contributed by atoms with Crippen LogP contribution in [0.1, 0.15) is 11.3 Å². The Kier molecular flexibility index (Phi) is 5.10. The molecule has 0 aliphatic heterocycles. The van der Waals surface area contributed by atoms with Gasteiger partial charge in [-0.25, -0.2) is 18.1 Å². The van der Waals surface area contributed by atoms with E-state index in [4.69, 9.17) is 5.11 Å². The van der Waals surface area contributed by atoms with Crippen molar-refractivity contribution in [2.24, 2.45) is 0 Å². The number of rotatable bonds is 8. The van der Waals surface area contributed by atoms with Crippen LogP contribution in [0.5, 0.6) is 0 Å². The quantitative estimate of drug-likeness (QED) is 0.702.